The van der Waals surface area contributed by atoms with E-state index in [0.29, 0.717) is 18.0 Å². The minimum absolute atomic E-state index is 0.168. The number of rotatable bonds is 7. The summed E-state index contributed by atoms with van der Waals surface area (Å²) in [7, 11) is 1.62. The Hall–Kier alpha value is -2.29. The highest BCUT2D eigenvalue weighted by Crippen LogP contribution is 2.13. The molecule has 0 aliphatic heterocycles. The fourth-order valence-electron chi connectivity index (χ4n) is 1.97. The number of allylic oxidation sites excluding steroid dienone is 3. The minimum Gasteiger partial charge on any atom is -0.497 e. The molecule has 0 spiro atoms. The summed E-state index contributed by atoms with van der Waals surface area (Å²) in [6.07, 6.45) is 5.75. The highest BCUT2D eigenvalue weighted by molar-refractivity contribution is 5.95. The lowest BCUT2D eigenvalue weighted by molar-refractivity contribution is -0.117. The molecule has 1 aromatic carbocycles. The van der Waals surface area contributed by atoms with E-state index in [0.717, 1.165) is 17.2 Å². The van der Waals surface area contributed by atoms with Crippen molar-refractivity contribution in [3.63, 3.8) is 0 Å². The SMILES string of the molecule is C=C(/C=C\C(=C/C)C(C)C)C(=O)NCc1cccc(OC)c1.CC(C)C. The Morgan fingerprint density at radius 3 is 2.31 bits per heavy atom. The van der Waals surface area contributed by atoms with Crippen molar-refractivity contribution in [1.82, 2.24) is 5.32 Å². The Balaban J connectivity index is 0.00000141. The van der Waals surface area contributed by atoms with Crippen LogP contribution in [-0.2, 0) is 11.3 Å². The van der Waals surface area contributed by atoms with E-state index in [-0.39, 0.29) is 5.91 Å². The quantitative estimate of drug-likeness (QED) is 0.503. The fourth-order valence-corrected chi connectivity index (χ4v) is 1.97. The number of hydrogen-bond donors (Lipinski definition) is 1. The molecule has 0 bridgehead atoms. The van der Waals surface area contributed by atoms with Crippen molar-refractivity contribution in [2.24, 2.45) is 11.8 Å². The first kappa shape index (κ1) is 23.7. The van der Waals surface area contributed by atoms with E-state index in [2.05, 4.69) is 46.5 Å². The van der Waals surface area contributed by atoms with Gasteiger partial charge in [-0.3, -0.25) is 4.79 Å². The third kappa shape index (κ3) is 10.5. The van der Waals surface area contributed by atoms with Crippen LogP contribution < -0.4 is 10.1 Å². The van der Waals surface area contributed by atoms with Crippen LogP contribution in [0.5, 0.6) is 5.75 Å². The summed E-state index contributed by atoms with van der Waals surface area (Å²) in [5, 5.41) is 2.86. The van der Waals surface area contributed by atoms with Crippen molar-refractivity contribution in [3.8, 4) is 5.75 Å². The summed E-state index contributed by atoms with van der Waals surface area (Å²) in [5.41, 5.74) is 2.62. The number of methoxy groups -OCH3 is 1. The zero-order valence-corrected chi connectivity index (χ0v) is 17.4. The highest BCUT2D eigenvalue weighted by atomic mass is 16.5. The molecular weight excluding hydrogens is 322 g/mol. The molecule has 0 radical (unpaired) electrons. The molecule has 1 rings (SSSR count). The Labute approximate surface area is 159 Å². The maximum atomic E-state index is 12.0. The van der Waals surface area contributed by atoms with Gasteiger partial charge >= 0.3 is 0 Å². The van der Waals surface area contributed by atoms with Crippen LogP contribution in [0.3, 0.4) is 0 Å². The predicted octanol–water partition coefficient (Wildman–Crippen LogP) is 5.69. The molecule has 0 aliphatic carbocycles. The van der Waals surface area contributed by atoms with Crippen molar-refractivity contribution >= 4 is 5.91 Å². The molecule has 0 fully saturated rings. The van der Waals surface area contributed by atoms with Crippen LogP contribution in [0.25, 0.3) is 0 Å². The monoisotopic (exact) mass is 357 g/mol. The van der Waals surface area contributed by atoms with Crippen LogP contribution in [0.15, 0.2) is 60.2 Å². The van der Waals surface area contributed by atoms with Crippen molar-refractivity contribution in [3.05, 3.63) is 65.8 Å². The lowest BCUT2D eigenvalue weighted by atomic mass is 10.0. The van der Waals surface area contributed by atoms with Crippen LogP contribution in [0.4, 0.5) is 0 Å². The van der Waals surface area contributed by atoms with Gasteiger partial charge in [0.25, 0.3) is 5.91 Å². The molecule has 0 unspecified atom stereocenters. The van der Waals surface area contributed by atoms with Crippen molar-refractivity contribution in [1.29, 1.82) is 0 Å². The molecule has 0 saturated heterocycles. The average Bonchev–Trinajstić information content (AvgIpc) is 2.59. The predicted molar refractivity (Wildman–Crippen MR) is 112 cm³/mol. The van der Waals surface area contributed by atoms with Gasteiger partial charge in [0.15, 0.2) is 0 Å². The molecule has 144 valence electrons. The molecule has 0 heterocycles. The molecule has 0 saturated carbocycles. The first-order valence-corrected chi connectivity index (χ1v) is 9.15. The number of benzene rings is 1. The van der Waals surface area contributed by atoms with E-state index in [1.54, 1.807) is 13.2 Å². The summed E-state index contributed by atoms with van der Waals surface area (Å²) < 4.78 is 5.16. The third-order valence-corrected chi connectivity index (χ3v) is 3.36. The number of carbonyl (C=O) groups excluding carboxylic acids is 1. The van der Waals surface area contributed by atoms with Crippen LogP contribution in [0.1, 0.15) is 47.1 Å². The zero-order valence-electron chi connectivity index (χ0n) is 17.4. The highest BCUT2D eigenvalue weighted by Gasteiger charge is 2.05. The smallest absolute Gasteiger partial charge is 0.250 e. The number of amides is 1. The molecule has 1 aromatic rings. The lowest BCUT2D eigenvalue weighted by Gasteiger charge is -2.08. The minimum atomic E-state index is -0.168. The average molecular weight is 358 g/mol. The van der Waals surface area contributed by atoms with E-state index < -0.39 is 0 Å². The van der Waals surface area contributed by atoms with E-state index >= 15 is 0 Å². The molecule has 3 heteroatoms. The van der Waals surface area contributed by atoms with E-state index in [9.17, 15) is 4.79 Å². The second kappa shape index (κ2) is 13.0. The fraction of sp³-hybridized carbons (Fsp3) is 0.435. The summed E-state index contributed by atoms with van der Waals surface area (Å²) >= 11 is 0. The van der Waals surface area contributed by atoms with E-state index in [1.165, 1.54) is 5.57 Å². The summed E-state index contributed by atoms with van der Waals surface area (Å²) in [6, 6.07) is 7.61. The molecule has 1 N–H and O–H groups in total. The number of carbonyl (C=O) groups is 1. The van der Waals surface area contributed by atoms with Gasteiger partial charge in [0, 0.05) is 12.1 Å². The van der Waals surface area contributed by atoms with Gasteiger partial charge in [-0.05, 0) is 48.1 Å². The molecular formula is C23H35NO2. The maximum absolute atomic E-state index is 12.0. The second-order valence-corrected chi connectivity index (χ2v) is 7.07. The van der Waals surface area contributed by atoms with Crippen LogP contribution in [0, 0.1) is 11.8 Å². The maximum Gasteiger partial charge on any atom is 0.250 e. The van der Waals surface area contributed by atoms with Gasteiger partial charge in [-0.2, -0.15) is 0 Å². The molecule has 26 heavy (non-hydrogen) atoms. The van der Waals surface area contributed by atoms with Gasteiger partial charge in [0.1, 0.15) is 5.75 Å². The molecule has 0 aliphatic rings. The summed E-state index contributed by atoms with van der Waals surface area (Å²) in [5.74, 6) is 1.87. The molecule has 3 nitrogen and oxygen atoms in total. The normalized spacial score (nSPS) is 11.3. The Bertz CT molecular complexity index is 622. The van der Waals surface area contributed by atoms with Gasteiger partial charge in [0.2, 0.25) is 0 Å². The van der Waals surface area contributed by atoms with Gasteiger partial charge in [-0.15, -0.1) is 0 Å². The van der Waals surface area contributed by atoms with Crippen LogP contribution in [-0.4, -0.2) is 13.0 Å². The van der Waals surface area contributed by atoms with Gasteiger partial charge in [-0.25, -0.2) is 0 Å². The largest absolute Gasteiger partial charge is 0.497 e. The van der Waals surface area contributed by atoms with Gasteiger partial charge < -0.3 is 10.1 Å². The van der Waals surface area contributed by atoms with E-state index in [1.807, 2.05) is 43.3 Å². The summed E-state index contributed by atoms with van der Waals surface area (Å²) in [4.78, 5) is 12.0. The zero-order chi connectivity index (χ0) is 20.1. The number of hydrogen-bond acceptors (Lipinski definition) is 2. The number of ether oxygens (including phenoxy) is 1. The Morgan fingerprint density at radius 2 is 1.81 bits per heavy atom. The standard InChI is InChI=1S/C19H25NO2.C4H10/c1-6-17(14(2)3)11-10-15(4)19(21)20-13-16-8-7-9-18(12-16)22-5;1-4(2)3/h6-12,14H,4,13H2,1-3,5H3,(H,20,21);4H,1-3H3/b11-10-,17-6+;. The van der Waals surface area contributed by atoms with E-state index in [4.69, 9.17) is 4.74 Å². The number of nitrogens with one attached hydrogen (secondary N) is 1. The Morgan fingerprint density at radius 1 is 1.19 bits per heavy atom. The van der Waals surface area contributed by atoms with Crippen molar-refractivity contribution in [2.75, 3.05) is 7.11 Å². The Kier molecular flexibility index (Phi) is 11.8. The van der Waals surface area contributed by atoms with Gasteiger partial charge in [-0.1, -0.05) is 65.5 Å². The lowest BCUT2D eigenvalue weighted by Crippen LogP contribution is -2.23. The van der Waals surface area contributed by atoms with Crippen molar-refractivity contribution < 1.29 is 9.53 Å². The second-order valence-electron chi connectivity index (χ2n) is 7.07. The topological polar surface area (TPSA) is 38.3 Å². The van der Waals surface area contributed by atoms with Crippen molar-refractivity contribution in [2.45, 2.75) is 48.1 Å². The van der Waals surface area contributed by atoms with Crippen LogP contribution in [0.2, 0.25) is 0 Å². The van der Waals surface area contributed by atoms with Gasteiger partial charge in [0.05, 0.1) is 7.11 Å². The first-order valence-electron chi connectivity index (χ1n) is 9.15. The van der Waals surface area contributed by atoms with Crippen LogP contribution >= 0.6 is 0 Å². The molecule has 1 amide bonds. The summed E-state index contributed by atoms with van der Waals surface area (Å²) in [6.45, 7) is 17.0. The molecule has 0 atom stereocenters. The first-order chi connectivity index (χ1) is 12.2. The third-order valence-electron chi connectivity index (χ3n) is 3.36. The molecule has 0 aromatic heterocycles.